The molecule has 5 nitrogen and oxygen atoms in total. The third kappa shape index (κ3) is 2.37. The summed E-state index contributed by atoms with van der Waals surface area (Å²) in [6, 6.07) is 1.81. The molecule has 1 aromatic rings. The van der Waals surface area contributed by atoms with Gasteiger partial charge in [-0.25, -0.2) is 0 Å². The zero-order chi connectivity index (χ0) is 14.4. The Kier molecular flexibility index (Phi) is 3.06. The fourth-order valence-electron chi connectivity index (χ4n) is 3.87. The number of fused-ring (bicyclic) bond motifs is 1. The van der Waals surface area contributed by atoms with Gasteiger partial charge in [-0.1, -0.05) is 18.0 Å². The molecule has 0 bridgehead atoms. The van der Waals surface area contributed by atoms with Gasteiger partial charge in [0.05, 0.1) is 5.60 Å². The molecule has 1 aromatic heterocycles. The standard InChI is InChI=1S/C16H22N2O3/c19-15(13-9-14(21-17-13)11-4-5-11)18-8-7-16(20)6-2-1-3-12(16)10-18/h9,11-12,20H,1-8,10H2/t12-,16-/m1/s1. The Balaban J connectivity index is 1.47. The number of carbonyl (C=O) groups excluding carboxylic acids is 1. The van der Waals surface area contributed by atoms with Gasteiger partial charge < -0.3 is 14.5 Å². The number of hydrogen-bond donors (Lipinski definition) is 1. The summed E-state index contributed by atoms with van der Waals surface area (Å²) in [6.07, 6.45) is 7.14. The molecule has 3 fully saturated rings. The number of aliphatic hydroxyl groups is 1. The molecule has 0 aromatic carbocycles. The van der Waals surface area contributed by atoms with E-state index in [9.17, 15) is 9.90 Å². The van der Waals surface area contributed by atoms with E-state index in [0.717, 1.165) is 44.3 Å². The van der Waals surface area contributed by atoms with Crippen LogP contribution in [0.2, 0.25) is 0 Å². The van der Waals surface area contributed by atoms with Crippen molar-refractivity contribution in [2.75, 3.05) is 13.1 Å². The van der Waals surface area contributed by atoms with E-state index >= 15 is 0 Å². The second kappa shape index (κ2) is 4.83. The lowest BCUT2D eigenvalue weighted by Gasteiger charge is -2.47. The van der Waals surface area contributed by atoms with Crippen LogP contribution >= 0.6 is 0 Å². The first-order valence-electron chi connectivity index (χ1n) is 8.14. The molecule has 0 unspecified atom stereocenters. The van der Waals surface area contributed by atoms with Crippen LogP contribution in [0.3, 0.4) is 0 Å². The number of carbonyl (C=O) groups is 1. The summed E-state index contributed by atoms with van der Waals surface area (Å²) in [6.45, 7) is 1.28. The number of likely N-dealkylation sites (tertiary alicyclic amines) is 1. The van der Waals surface area contributed by atoms with Crippen molar-refractivity contribution >= 4 is 5.91 Å². The lowest BCUT2D eigenvalue weighted by atomic mass is 9.71. The summed E-state index contributed by atoms with van der Waals surface area (Å²) in [7, 11) is 0. The van der Waals surface area contributed by atoms with Crippen molar-refractivity contribution < 1.29 is 14.4 Å². The molecule has 2 heterocycles. The van der Waals surface area contributed by atoms with Crippen LogP contribution in [0.5, 0.6) is 0 Å². The molecule has 3 aliphatic rings. The van der Waals surface area contributed by atoms with Crippen LogP contribution < -0.4 is 0 Å². The number of aromatic nitrogens is 1. The van der Waals surface area contributed by atoms with E-state index in [-0.39, 0.29) is 11.8 Å². The van der Waals surface area contributed by atoms with Crippen LogP contribution in [-0.4, -0.2) is 39.8 Å². The van der Waals surface area contributed by atoms with Gasteiger partial charge in [0.1, 0.15) is 5.76 Å². The number of piperidine rings is 1. The molecule has 5 heteroatoms. The zero-order valence-corrected chi connectivity index (χ0v) is 12.3. The van der Waals surface area contributed by atoms with Crippen molar-refractivity contribution in [3.05, 3.63) is 17.5 Å². The van der Waals surface area contributed by atoms with Crippen LogP contribution in [-0.2, 0) is 0 Å². The van der Waals surface area contributed by atoms with Gasteiger partial charge >= 0.3 is 0 Å². The van der Waals surface area contributed by atoms with Crippen LogP contribution in [0.4, 0.5) is 0 Å². The molecule has 114 valence electrons. The fraction of sp³-hybridized carbons (Fsp3) is 0.750. The molecular weight excluding hydrogens is 268 g/mol. The van der Waals surface area contributed by atoms with E-state index in [4.69, 9.17) is 4.52 Å². The minimum atomic E-state index is -0.544. The maximum atomic E-state index is 12.6. The van der Waals surface area contributed by atoms with Gasteiger partial charge in [-0.2, -0.15) is 0 Å². The van der Waals surface area contributed by atoms with Crippen molar-refractivity contribution in [2.45, 2.75) is 56.5 Å². The molecule has 1 N–H and O–H groups in total. The van der Waals surface area contributed by atoms with Gasteiger partial charge in [0, 0.05) is 31.0 Å². The summed E-state index contributed by atoms with van der Waals surface area (Å²) < 4.78 is 5.28. The van der Waals surface area contributed by atoms with Gasteiger partial charge in [0.2, 0.25) is 0 Å². The van der Waals surface area contributed by atoms with Gasteiger partial charge in [0.25, 0.3) is 5.91 Å². The Labute approximate surface area is 124 Å². The van der Waals surface area contributed by atoms with Crippen LogP contribution in [0.25, 0.3) is 0 Å². The average molecular weight is 290 g/mol. The topological polar surface area (TPSA) is 66.6 Å². The number of amides is 1. The Morgan fingerprint density at radius 2 is 2.19 bits per heavy atom. The molecule has 21 heavy (non-hydrogen) atoms. The molecule has 2 saturated carbocycles. The second-order valence-corrected chi connectivity index (χ2v) is 6.94. The molecule has 0 radical (unpaired) electrons. The van der Waals surface area contributed by atoms with E-state index in [1.54, 1.807) is 0 Å². The van der Waals surface area contributed by atoms with Crippen molar-refractivity contribution in [3.63, 3.8) is 0 Å². The highest BCUT2D eigenvalue weighted by Gasteiger charge is 2.44. The van der Waals surface area contributed by atoms with E-state index in [0.29, 0.717) is 31.1 Å². The summed E-state index contributed by atoms with van der Waals surface area (Å²) in [4.78, 5) is 14.4. The van der Waals surface area contributed by atoms with E-state index in [1.807, 2.05) is 11.0 Å². The lowest BCUT2D eigenvalue weighted by molar-refractivity contribution is -0.0887. The molecule has 1 saturated heterocycles. The Morgan fingerprint density at radius 3 is 3.00 bits per heavy atom. The van der Waals surface area contributed by atoms with Gasteiger partial charge in [-0.05, 0) is 32.1 Å². The first-order chi connectivity index (χ1) is 10.2. The predicted molar refractivity (Wildman–Crippen MR) is 75.9 cm³/mol. The summed E-state index contributed by atoms with van der Waals surface area (Å²) >= 11 is 0. The predicted octanol–water partition coefficient (Wildman–Crippen LogP) is 2.32. The molecule has 4 rings (SSSR count). The fourth-order valence-corrected chi connectivity index (χ4v) is 3.87. The van der Waals surface area contributed by atoms with E-state index in [2.05, 4.69) is 5.16 Å². The smallest absolute Gasteiger partial charge is 0.276 e. The number of hydrogen-bond acceptors (Lipinski definition) is 4. The monoisotopic (exact) mass is 290 g/mol. The van der Waals surface area contributed by atoms with Crippen LogP contribution in [0.15, 0.2) is 10.6 Å². The Bertz CT molecular complexity index is 551. The van der Waals surface area contributed by atoms with Crippen molar-refractivity contribution in [2.24, 2.45) is 5.92 Å². The maximum Gasteiger partial charge on any atom is 0.276 e. The highest BCUT2D eigenvalue weighted by atomic mass is 16.5. The quantitative estimate of drug-likeness (QED) is 0.907. The highest BCUT2D eigenvalue weighted by Crippen LogP contribution is 2.41. The molecule has 2 atom stereocenters. The zero-order valence-electron chi connectivity index (χ0n) is 12.3. The average Bonchev–Trinajstić information content (AvgIpc) is 3.23. The van der Waals surface area contributed by atoms with Crippen LogP contribution in [0, 0.1) is 5.92 Å². The molecule has 1 amide bonds. The van der Waals surface area contributed by atoms with Crippen molar-refractivity contribution in [3.8, 4) is 0 Å². The largest absolute Gasteiger partial charge is 0.389 e. The minimum absolute atomic E-state index is 0.0433. The first kappa shape index (κ1) is 13.3. The third-order valence-electron chi connectivity index (χ3n) is 5.44. The van der Waals surface area contributed by atoms with Crippen LogP contribution in [0.1, 0.15) is 67.1 Å². The molecule has 2 aliphatic carbocycles. The summed E-state index contributed by atoms with van der Waals surface area (Å²) in [5, 5.41) is 14.6. The van der Waals surface area contributed by atoms with E-state index < -0.39 is 5.60 Å². The molecule has 0 spiro atoms. The lowest BCUT2D eigenvalue weighted by Crippen LogP contribution is -2.54. The van der Waals surface area contributed by atoms with Gasteiger partial charge in [-0.15, -0.1) is 0 Å². The Morgan fingerprint density at radius 1 is 1.33 bits per heavy atom. The first-order valence-corrected chi connectivity index (χ1v) is 8.14. The second-order valence-electron chi connectivity index (χ2n) is 6.94. The SMILES string of the molecule is O=C(c1cc(C2CC2)on1)N1CC[C@]2(O)CCCC[C@@H]2C1. The number of nitrogens with zero attached hydrogens (tertiary/aromatic N) is 2. The minimum Gasteiger partial charge on any atom is -0.389 e. The van der Waals surface area contributed by atoms with Crippen molar-refractivity contribution in [1.29, 1.82) is 0 Å². The highest BCUT2D eigenvalue weighted by molar-refractivity contribution is 5.92. The summed E-state index contributed by atoms with van der Waals surface area (Å²) in [5.74, 6) is 1.50. The molecule has 1 aliphatic heterocycles. The molecular formula is C16H22N2O3. The maximum absolute atomic E-state index is 12.6. The third-order valence-corrected chi connectivity index (χ3v) is 5.44. The van der Waals surface area contributed by atoms with Gasteiger partial charge in [0.15, 0.2) is 5.69 Å². The van der Waals surface area contributed by atoms with E-state index in [1.165, 1.54) is 0 Å². The Hall–Kier alpha value is -1.36. The summed E-state index contributed by atoms with van der Waals surface area (Å²) in [5.41, 5.74) is -0.115. The van der Waals surface area contributed by atoms with Gasteiger partial charge in [-0.3, -0.25) is 4.79 Å². The van der Waals surface area contributed by atoms with Crippen molar-refractivity contribution in [1.82, 2.24) is 10.1 Å². The number of rotatable bonds is 2. The normalized spacial score (nSPS) is 32.8.